The van der Waals surface area contributed by atoms with Crippen LogP contribution in [0.25, 0.3) is 0 Å². The van der Waals surface area contributed by atoms with Gasteiger partial charge in [-0.05, 0) is 12.1 Å². The minimum Gasteiger partial charge on any atom is -0.493 e. The number of anilines is 1. The molecule has 0 aliphatic rings. The second-order valence-corrected chi connectivity index (χ2v) is 3.47. The van der Waals surface area contributed by atoms with E-state index in [1.54, 1.807) is 18.2 Å². The van der Waals surface area contributed by atoms with Gasteiger partial charge in [0.2, 0.25) is 5.88 Å². The maximum absolute atomic E-state index is 8.82. The fraction of sp³-hybridized carbons (Fsp3) is 0.0833. The molecule has 0 amide bonds. The Kier molecular flexibility index (Phi) is 3.75. The minimum atomic E-state index is 0.311. The highest BCUT2D eigenvalue weighted by atomic mass is 16.5. The maximum atomic E-state index is 8.82. The number of nitrogens with zero attached hydrogens (tertiary/aromatic N) is 3. The number of nitrogens with two attached hydrogens (primary N) is 1. The van der Waals surface area contributed by atoms with Gasteiger partial charge < -0.3 is 14.9 Å². The summed E-state index contributed by atoms with van der Waals surface area (Å²) in [6.07, 6.45) is 1.32. The predicted octanol–water partition coefficient (Wildman–Crippen LogP) is 1.43. The molecular formula is C12H11N5O2. The summed E-state index contributed by atoms with van der Waals surface area (Å²) in [4.78, 5) is 7.82. The lowest BCUT2D eigenvalue weighted by Crippen LogP contribution is -2.08. The highest BCUT2D eigenvalue weighted by molar-refractivity contribution is 5.48. The van der Waals surface area contributed by atoms with E-state index in [1.807, 2.05) is 6.07 Å². The van der Waals surface area contributed by atoms with E-state index in [0.29, 0.717) is 28.8 Å². The Hall–Kier alpha value is -2.85. The Balaban J connectivity index is 2.30. The molecular weight excluding hydrogens is 246 g/mol. The first-order valence-corrected chi connectivity index (χ1v) is 5.31. The zero-order valence-corrected chi connectivity index (χ0v) is 10.1. The fourth-order valence-corrected chi connectivity index (χ4v) is 1.41. The first-order chi connectivity index (χ1) is 9.26. The first-order valence-electron chi connectivity index (χ1n) is 5.31. The Morgan fingerprint density at radius 1 is 1.26 bits per heavy atom. The highest BCUT2D eigenvalue weighted by Crippen LogP contribution is 2.31. The van der Waals surface area contributed by atoms with Crippen LogP contribution in [0.3, 0.4) is 0 Å². The number of ether oxygens (including phenoxy) is 2. The Morgan fingerprint density at radius 3 is 2.79 bits per heavy atom. The summed E-state index contributed by atoms with van der Waals surface area (Å²) in [7, 11) is 1.50. The van der Waals surface area contributed by atoms with Crippen LogP contribution in [0.2, 0.25) is 0 Å². The third-order valence-electron chi connectivity index (χ3n) is 2.30. The Morgan fingerprint density at radius 2 is 2.11 bits per heavy atom. The van der Waals surface area contributed by atoms with Gasteiger partial charge in [0.1, 0.15) is 12.1 Å². The van der Waals surface area contributed by atoms with Gasteiger partial charge in [-0.1, -0.05) is 0 Å². The lowest BCUT2D eigenvalue weighted by Gasteiger charge is -2.10. The van der Waals surface area contributed by atoms with Gasteiger partial charge in [-0.2, -0.15) is 5.26 Å². The third-order valence-corrected chi connectivity index (χ3v) is 2.30. The molecule has 1 heterocycles. The zero-order chi connectivity index (χ0) is 13.7. The van der Waals surface area contributed by atoms with E-state index in [1.165, 1.54) is 19.5 Å². The van der Waals surface area contributed by atoms with Crippen molar-refractivity contribution in [3.05, 3.63) is 36.2 Å². The number of rotatable bonds is 4. The van der Waals surface area contributed by atoms with Gasteiger partial charge in [0, 0.05) is 12.1 Å². The molecule has 19 heavy (non-hydrogen) atoms. The van der Waals surface area contributed by atoms with Crippen LogP contribution in [0, 0.1) is 11.3 Å². The minimum absolute atomic E-state index is 0.311. The molecule has 3 N–H and O–H groups in total. The zero-order valence-electron chi connectivity index (χ0n) is 10.1. The molecule has 2 aromatic rings. The maximum Gasteiger partial charge on any atom is 0.224 e. The van der Waals surface area contributed by atoms with Crippen LogP contribution in [0.5, 0.6) is 17.4 Å². The van der Waals surface area contributed by atoms with Crippen LogP contribution in [-0.4, -0.2) is 17.1 Å². The standard InChI is InChI=1S/C12H11N5O2/c1-18-10-4-8(6-13)2-3-9(10)19-12-5-11(17-14)15-7-16-12/h2-5,7H,14H2,1H3,(H,15,16,17). The number of aromatic nitrogens is 2. The number of hydrogen-bond acceptors (Lipinski definition) is 7. The Labute approximate surface area is 109 Å². The molecule has 0 bridgehead atoms. The van der Waals surface area contributed by atoms with E-state index < -0.39 is 0 Å². The summed E-state index contributed by atoms with van der Waals surface area (Å²) >= 11 is 0. The summed E-state index contributed by atoms with van der Waals surface area (Å²) in [5.74, 6) is 6.88. The molecule has 0 atom stereocenters. The number of nitrogen functional groups attached to an aromatic ring is 1. The molecule has 0 saturated heterocycles. The Bertz CT molecular complexity index is 624. The van der Waals surface area contributed by atoms with E-state index in [0.717, 1.165) is 0 Å². The van der Waals surface area contributed by atoms with E-state index in [4.69, 9.17) is 20.6 Å². The van der Waals surface area contributed by atoms with E-state index >= 15 is 0 Å². The molecule has 0 fully saturated rings. The normalized spacial score (nSPS) is 9.53. The van der Waals surface area contributed by atoms with Crippen molar-refractivity contribution in [2.24, 2.45) is 5.84 Å². The molecule has 0 saturated carbocycles. The predicted molar refractivity (Wildman–Crippen MR) is 67.6 cm³/mol. The summed E-state index contributed by atoms with van der Waals surface area (Å²) in [5, 5.41) is 8.82. The van der Waals surface area contributed by atoms with Gasteiger partial charge in [0.25, 0.3) is 0 Å². The quantitative estimate of drug-likeness (QED) is 0.630. The number of nitriles is 1. The second-order valence-electron chi connectivity index (χ2n) is 3.47. The topological polar surface area (TPSA) is 106 Å². The van der Waals surface area contributed by atoms with Crippen molar-refractivity contribution in [2.45, 2.75) is 0 Å². The van der Waals surface area contributed by atoms with Crippen molar-refractivity contribution in [3.8, 4) is 23.4 Å². The lowest BCUT2D eigenvalue weighted by molar-refractivity contribution is 0.374. The van der Waals surface area contributed by atoms with Gasteiger partial charge in [0.05, 0.1) is 18.7 Å². The summed E-state index contributed by atoms with van der Waals surface area (Å²) in [5.41, 5.74) is 2.88. The number of benzene rings is 1. The van der Waals surface area contributed by atoms with Crippen LogP contribution in [0.15, 0.2) is 30.6 Å². The average Bonchev–Trinajstić information content (AvgIpc) is 2.48. The van der Waals surface area contributed by atoms with Crippen molar-refractivity contribution < 1.29 is 9.47 Å². The van der Waals surface area contributed by atoms with Crippen molar-refractivity contribution in [1.29, 1.82) is 5.26 Å². The van der Waals surface area contributed by atoms with Crippen LogP contribution >= 0.6 is 0 Å². The smallest absolute Gasteiger partial charge is 0.224 e. The average molecular weight is 257 g/mol. The van der Waals surface area contributed by atoms with Crippen molar-refractivity contribution in [1.82, 2.24) is 9.97 Å². The summed E-state index contributed by atoms with van der Waals surface area (Å²) in [6.45, 7) is 0. The van der Waals surface area contributed by atoms with E-state index in [-0.39, 0.29) is 0 Å². The SMILES string of the molecule is COc1cc(C#N)ccc1Oc1cc(NN)ncn1. The molecule has 96 valence electrons. The number of nitrogens with one attached hydrogen (secondary N) is 1. The van der Waals surface area contributed by atoms with Crippen LogP contribution in [0.1, 0.15) is 5.56 Å². The van der Waals surface area contributed by atoms with Gasteiger partial charge in [0.15, 0.2) is 11.5 Å². The monoisotopic (exact) mass is 257 g/mol. The highest BCUT2D eigenvalue weighted by Gasteiger charge is 2.08. The molecule has 7 nitrogen and oxygen atoms in total. The fourth-order valence-electron chi connectivity index (χ4n) is 1.41. The van der Waals surface area contributed by atoms with Gasteiger partial charge >= 0.3 is 0 Å². The molecule has 0 unspecified atom stereocenters. The van der Waals surface area contributed by atoms with Gasteiger partial charge in [-0.15, -0.1) is 0 Å². The molecule has 7 heteroatoms. The van der Waals surface area contributed by atoms with Gasteiger partial charge in [-0.3, -0.25) is 0 Å². The lowest BCUT2D eigenvalue weighted by atomic mass is 10.2. The number of hydrogen-bond donors (Lipinski definition) is 2. The van der Waals surface area contributed by atoms with E-state index in [2.05, 4.69) is 15.4 Å². The van der Waals surface area contributed by atoms with Crippen LogP contribution < -0.4 is 20.7 Å². The van der Waals surface area contributed by atoms with Crippen molar-refractivity contribution in [3.63, 3.8) is 0 Å². The molecule has 0 aliphatic carbocycles. The number of methoxy groups -OCH3 is 1. The van der Waals surface area contributed by atoms with E-state index in [9.17, 15) is 0 Å². The van der Waals surface area contributed by atoms with Crippen molar-refractivity contribution >= 4 is 5.82 Å². The molecule has 1 aromatic carbocycles. The third kappa shape index (κ3) is 2.88. The summed E-state index contributed by atoms with van der Waals surface area (Å²) in [6, 6.07) is 8.40. The molecule has 2 rings (SSSR count). The molecule has 1 aromatic heterocycles. The number of hydrazine groups is 1. The summed E-state index contributed by atoms with van der Waals surface area (Å²) < 4.78 is 10.7. The van der Waals surface area contributed by atoms with Crippen LogP contribution in [-0.2, 0) is 0 Å². The second kappa shape index (κ2) is 5.66. The molecule has 0 spiro atoms. The molecule has 0 aliphatic heterocycles. The first kappa shape index (κ1) is 12.6. The largest absolute Gasteiger partial charge is 0.493 e. The van der Waals surface area contributed by atoms with Crippen LogP contribution in [0.4, 0.5) is 5.82 Å². The van der Waals surface area contributed by atoms with Crippen molar-refractivity contribution in [2.75, 3.05) is 12.5 Å². The van der Waals surface area contributed by atoms with Gasteiger partial charge in [-0.25, -0.2) is 15.8 Å². The molecule has 0 radical (unpaired) electrons.